The summed E-state index contributed by atoms with van der Waals surface area (Å²) in [5, 5.41) is 2.57. The van der Waals surface area contributed by atoms with Crippen molar-refractivity contribution in [2.75, 3.05) is 52.4 Å². The van der Waals surface area contributed by atoms with Crippen LogP contribution in [0.4, 0.5) is 0 Å². The van der Waals surface area contributed by atoms with Crippen LogP contribution in [0.1, 0.15) is 19.3 Å². The molecule has 0 heterocycles. The first-order chi connectivity index (χ1) is 11.2. The Morgan fingerprint density at radius 1 is 1.26 bits per heavy atom. The van der Waals surface area contributed by atoms with Crippen LogP contribution in [0, 0.1) is 12.3 Å². The van der Waals surface area contributed by atoms with Crippen molar-refractivity contribution in [2.45, 2.75) is 24.7 Å². The lowest BCUT2D eigenvalue weighted by molar-refractivity contribution is -0.122. The number of amides is 1. The van der Waals surface area contributed by atoms with Gasteiger partial charge in [-0.3, -0.25) is 4.79 Å². The zero-order valence-corrected chi connectivity index (χ0v) is 15.4. The van der Waals surface area contributed by atoms with E-state index in [-0.39, 0.29) is 17.9 Å². The first kappa shape index (κ1) is 22.6. The highest BCUT2D eigenvalue weighted by molar-refractivity contribution is 8.76. The second-order valence-corrected chi connectivity index (χ2v) is 7.08. The normalized spacial score (nSPS) is 11.9. The number of ether oxygens (including phenoxy) is 3. The third-order valence-electron chi connectivity index (χ3n) is 2.61. The quantitative estimate of drug-likeness (QED) is 0.185. The van der Waals surface area contributed by atoms with Crippen molar-refractivity contribution >= 4 is 27.5 Å². The molecule has 0 saturated heterocycles. The summed E-state index contributed by atoms with van der Waals surface area (Å²) in [5.41, 5.74) is 5.67. The Hall–Kier alpha value is -0.430. The monoisotopic (exact) mass is 364 g/mol. The van der Waals surface area contributed by atoms with Gasteiger partial charge in [0.2, 0.25) is 5.91 Å². The minimum atomic E-state index is -0.105. The Kier molecular flexibility index (Phi) is 17.6. The molecule has 0 aromatic rings. The van der Waals surface area contributed by atoms with Crippen LogP contribution in [0.5, 0.6) is 0 Å². The van der Waals surface area contributed by atoms with Gasteiger partial charge in [-0.15, -0.1) is 6.42 Å². The summed E-state index contributed by atoms with van der Waals surface area (Å²) in [7, 11) is 3.40. The molecule has 134 valence electrons. The molecule has 8 heteroatoms. The van der Waals surface area contributed by atoms with E-state index in [9.17, 15) is 4.79 Å². The van der Waals surface area contributed by atoms with Crippen LogP contribution < -0.4 is 11.1 Å². The van der Waals surface area contributed by atoms with E-state index < -0.39 is 0 Å². The molecule has 0 saturated carbocycles. The van der Waals surface area contributed by atoms with Crippen LogP contribution in [0.25, 0.3) is 0 Å². The van der Waals surface area contributed by atoms with E-state index in [1.165, 1.54) is 0 Å². The fourth-order valence-corrected chi connectivity index (χ4v) is 3.24. The lowest BCUT2D eigenvalue weighted by Gasteiger charge is -2.15. The standard InChI is InChI=1S/C15H28N2O4S2/c1-3-8-17-14(18)6-9-19-10-11-20-12-13-21-15(23-22-2)5-4-7-16/h1,15H,4-13,16H2,2H3,(H,17,18). The Morgan fingerprint density at radius 3 is 2.61 bits per heavy atom. The fourth-order valence-electron chi connectivity index (χ4n) is 1.51. The van der Waals surface area contributed by atoms with Crippen molar-refractivity contribution in [1.29, 1.82) is 0 Å². The van der Waals surface area contributed by atoms with Gasteiger partial charge in [0.1, 0.15) is 5.44 Å². The van der Waals surface area contributed by atoms with Crippen molar-refractivity contribution in [2.24, 2.45) is 5.73 Å². The minimum Gasteiger partial charge on any atom is -0.379 e. The van der Waals surface area contributed by atoms with Gasteiger partial charge >= 0.3 is 0 Å². The maximum atomic E-state index is 11.2. The summed E-state index contributed by atoms with van der Waals surface area (Å²) in [5.74, 6) is 2.24. The number of carbonyl (C=O) groups excluding carboxylic acids is 1. The summed E-state index contributed by atoms with van der Waals surface area (Å²) in [6, 6.07) is 0. The van der Waals surface area contributed by atoms with Gasteiger partial charge in [-0.05, 0) is 25.6 Å². The van der Waals surface area contributed by atoms with Gasteiger partial charge in [0.05, 0.1) is 39.6 Å². The average Bonchev–Trinajstić information content (AvgIpc) is 2.56. The Morgan fingerprint density at radius 2 is 1.96 bits per heavy atom. The zero-order valence-electron chi connectivity index (χ0n) is 13.8. The Balaban J connectivity index is 3.37. The number of rotatable bonds is 16. The molecule has 1 unspecified atom stereocenters. The second-order valence-electron chi connectivity index (χ2n) is 4.45. The lowest BCUT2D eigenvalue weighted by atomic mass is 10.3. The highest BCUT2D eigenvalue weighted by Gasteiger charge is 2.08. The molecule has 1 amide bonds. The van der Waals surface area contributed by atoms with Gasteiger partial charge in [0.25, 0.3) is 0 Å². The molecule has 0 spiro atoms. The minimum absolute atomic E-state index is 0.105. The summed E-state index contributed by atoms with van der Waals surface area (Å²) in [6.45, 7) is 3.32. The smallest absolute Gasteiger partial charge is 0.223 e. The Labute approximate surface area is 147 Å². The molecule has 0 aromatic heterocycles. The van der Waals surface area contributed by atoms with Crippen molar-refractivity contribution in [3.8, 4) is 12.3 Å². The first-order valence-electron chi connectivity index (χ1n) is 7.61. The van der Waals surface area contributed by atoms with E-state index >= 15 is 0 Å². The summed E-state index contributed by atoms with van der Waals surface area (Å²) in [4.78, 5) is 11.2. The van der Waals surface area contributed by atoms with Crippen molar-refractivity contribution in [3.63, 3.8) is 0 Å². The van der Waals surface area contributed by atoms with Crippen LogP contribution in [-0.2, 0) is 19.0 Å². The molecule has 23 heavy (non-hydrogen) atoms. The van der Waals surface area contributed by atoms with Crippen molar-refractivity contribution < 1.29 is 19.0 Å². The van der Waals surface area contributed by atoms with E-state index in [2.05, 4.69) is 11.2 Å². The van der Waals surface area contributed by atoms with Gasteiger partial charge in [0, 0.05) is 6.42 Å². The van der Waals surface area contributed by atoms with Gasteiger partial charge in [0.15, 0.2) is 0 Å². The van der Waals surface area contributed by atoms with E-state index in [1.807, 2.05) is 6.26 Å². The lowest BCUT2D eigenvalue weighted by Crippen LogP contribution is -2.24. The van der Waals surface area contributed by atoms with Gasteiger partial charge in [-0.2, -0.15) is 0 Å². The van der Waals surface area contributed by atoms with Crippen molar-refractivity contribution in [3.05, 3.63) is 0 Å². The molecule has 1 atom stereocenters. The van der Waals surface area contributed by atoms with Crippen LogP contribution in [0.15, 0.2) is 0 Å². The van der Waals surface area contributed by atoms with Gasteiger partial charge in [-0.1, -0.05) is 27.5 Å². The molecule has 0 aromatic carbocycles. The molecule has 0 aliphatic heterocycles. The number of nitrogens with one attached hydrogen (secondary N) is 1. The molecular formula is C15H28N2O4S2. The van der Waals surface area contributed by atoms with E-state index in [1.54, 1.807) is 21.6 Å². The topological polar surface area (TPSA) is 82.8 Å². The van der Waals surface area contributed by atoms with E-state index in [4.69, 9.17) is 26.4 Å². The van der Waals surface area contributed by atoms with Gasteiger partial charge < -0.3 is 25.3 Å². The van der Waals surface area contributed by atoms with Gasteiger partial charge in [-0.25, -0.2) is 0 Å². The van der Waals surface area contributed by atoms with E-state index in [0.717, 1.165) is 12.8 Å². The number of hydrogen-bond acceptors (Lipinski definition) is 7. The predicted octanol–water partition coefficient (Wildman–Crippen LogP) is 1.25. The molecule has 3 N–H and O–H groups in total. The number of carbonyl (C=O) groups is 1. The summed E-state index contributed by atoms with van der Waals surface area (Å²) >= 11 is 0. The van der Waals surface area contributed by atoms with Crippen LogP contribution in [-0.4, -0.2) is 63.7 Å². The maximum absolute atomic E-state index is 11.2. The molecule has 0 fully saturated rings. The molecular weight excluding hydrogens is 336 g/mol. The third-order valence-corrected chi connectivity index (χ3v) is 4.61. The van der Waals surface area contributed by atoms with Crippen LogP contribution >= 0.6 is 21.6 Å². The fraction of sp³-hybridized carbons (Fsp3) is 0.800. The number of hydrogen-bond donors (Lipinski definition) is 2. The summed E-state index contributed by atoms with van der Waals surface area (Å²) in [6.07, 6.45) is 9.29. The predicted molar refractivity (Wildman–Crippen MR) is 97.2 cm³/mol. The molecule has 6 nitrogen and oxygen atoms in total. The third kappa shape index (κ3) is 16.2. The maximum Gasteiger partial charge on any atom is 0.223 e. The summed E-state index contributed by atoms with van der Waals surface area (Å²) < 4.78 is 16.5. The highest BCUT2D eigenvalue weighted by atomic mass is 33.1. The molecule has 0 rings (SSSR count). The highest BCUT2D eigenvalue weighted by Crippen LogP contribution is 2.27. The molecule has 0 aliphatic rings. The Bertz CT molecular complexity index is 327. The zero-order chi connectivity index (χ0) is 17.2. The van der Waals surface area contributed by atoms with Crippen molar-refractivity contribution in [1.82, 2.24) is 5.32 Å². The molecule has 0 radical (unpaired) electrons. The number of nitrogens with two attached hydrogens (primary N) is 1. The SMILES string of the molecule is C#CCNC(=O)CCOCCOCCOC(CCCN)SSC. The molecule has 0 bridgehead atoms. The molecule has 0 aliphatic carbocycles. The van der Waals surface area contributed by atoms with Crippen LogP contribution in [0.2, 0.25) is 0 Å². The average molecular weight is 365 g/mol. The largest absolute Gasteiger partial charge is 0.379 e. The van der Waals surface area contributed by atoms with Crippen LogP contribution in [0.3, 0.4) is 0 Å². The first-order valence-corrected chi connectivity index (χ1v) is 10.2. The van der Waals surface area contributed by atoms with E-state index in [0.29, 0.717) is 46.0 Å². The number of terminal acetylenes is 1. The second kappa shape index (κ2) is 17.9.